The molecule has 2 aromatic carbocycles. The number of nitrogens with one attached hydrogen (secondary N) is 2. The van der Waals surface area contributed by atoms with E-state index in [0.717, 1.165) is 22.5 Å². The lowest BCUT2D eigenvalue weighted by molar-refractivity contribution is -0.122. The molecule has 1 aromatic heterocycles. The first-order chi connectivity index (χ1) is 15.3. The molecule has 3 rings (SSSR count). The van der Waals surface area contributed by atoms with Crippen LogP contribution in [0.2, 0.25) is 0 Å². The SMILES string of the molecule is COc1ccccc1NC(N)=Nc1ccc(-c2cccc(NC(C)(C)C)c2)cn1.O=CO. The fourth-order valence-corrected chi connectivity index (χ4v) is 2.87. The van der Waals surface area contributed by atoms with Crippen molar-refractivity contribution in [3.8, 4) is 16.9 Å². The fraction of sp³-hybridized carbons (Fsp3) is 0.208. The standard InChI is InChI=1S/C23H27N5O.CH2O2/c1-23(2,3)28-18-9-7-8-16(14-18)17-12-13-21(25-15-17)27-22(24)26-19-10-5-6-11-20(19)29-4;2-1-3/h5-15,28H,1-4H3,(H3,24,25,26,27);1H,(H,2,3). The van der Waals surface area contributed by atoms with Crippen molar-refractivity contribution < 1.29 is 14.6 Å². The second-order valence-electron chi connectivity index (χ2n) is 7.79. The molecular weight excluding hydrogens is 406 g/mol. The molecule has 0 spiro atoms. The zero-order valence-corrected chi connectivity index (χ0v) is 18.7. The Balaban J connectivity index is 0.00000114. The Hall–Kier alpha value is -4.07. The van der Waals surface area contributed by atoms with Gasteiger partial charge in [0.1, 0.15) is 5.75 Å². The van der Waals surface area contributed by atoms with E-state index in [1.165, 1.54) is 0 Å². The average Bonchev–Trinajstić information content (AvgIpc) is 2.74. The Morgan fingerprint density at radius 2 is 1.81 bits per heavy atom. The van der Waals surface area contributed by atoms with Gasteiger partial charge in [0.15, 0.2) is 11.8 Å². The number of nitrogens with zero attached hydrogens (tertiary/aromatic N) is 2. The molecular formula is C24H29N5O3. The molecule has 1 heterocycles. The highest BCUT2D eigenvalue weighted by atomic mass is 16.5. The van der Waals surface area contributed by atoms with E-state index in [1.54, 1.807) is 13.3 Å². The number of pyridine rings is 1. The number of guanidine groups is 1. The van der Waals surface area contributed by atoms with Crippen LogP contribution in [-0.4, -0.2) is 35.2 Å². The summed E-state index contributed by atoms with van der Waals surface area (Å²) in [5, 5.41) is 13.4. The normalized spacial score (nSPS) is 11.1. The van der Waals surface area contributed by atoms with Crippen LogP contribution < -0.4 is 21.1 Å². The minimum Gasteiger partial charge on any atom is -0.495 e. The second kappa shape index (κ2) is 11.4. The zero-order chi connectivity index (χ0) is 23.6. The highest BCUT2D eigenvalue weighted by molar-refractivity contribution is 5.95. The van der Waals surface area contributed by atoms with Gasteiger partial charge in [-0.15, -0.1) is 0 Å². The molecule has 0 fully saturated rings. The van der Waals surface area contributed by atoms with E-state index < -0.39 is 0 Å². The van der Waals surface area contributed by atoms with Crippen molar-refractivity contribution in [3.05, 3.63) is 66.9 Å². The van der Waals surface area contributed by atoms with Crippen LogP contribution in [0.15, 0.2) is 71.9 Å². The zero-order valence-electron chi connectivity index (χ0n) is 18.7. The Morgan fingerprint density at radius 3 is 2.44 bits per heavy atom. The highest BCUT2D eigenvalue weighted by Gasteiger charge is 2.10. The van der Waals surface area contributed by atoms with E-state index in [1.807, 2.05) is 42.5 Å². The van der Waals surface area contributed by atoms with E-state index in [9.17, 15) is 0 Å². The first-order valence-corrected chi connectivity index (χ1v) is 9.92. The summed E-state index contributed by atoms with van der Waals surface area (Å²) >= 11 is 0. The number of anilines is 2. The molecule has 0 bridgehead atoms. The minimum absolute atomic E-state index is 0.00140. The molecule has 0 radical (unpaired) electrons. The van der Waals surface area contributed by atoms with Gasteiger partial charge in [-0.05, 0) is 62.7 Å². The van der Waals surface area contributed by atoms with E-state index in [4.69, 9.17) is 20.4 Å². The summed E-state index contributed by atoms with van der Waals surface area (Å²) in [6.07, 6.45) is 1.80. The number of methoxy groups -OCH3 is 1. The van der Waals surface area contributed by atoms with Gasteiger partial charge in [0.25, 0.3) is 6.47 Å². The topological polar surface area (TPSA) is 122 Å². The van der Waals surface area contributed by atoms with Crippen LogP contribution in [0.3, 0.4) is 0 Å². The number of hydrogen-bond donors (Lipinski definition) is 4. The van der Waals surface area contributed by atoms with Gasteiger partial charge < -0.3 is 26.2 Å². The number of carboxylic acid groups (broad SMARTS) is 1. The third kappa shape index (κ3) is 7.64. The molecule has 8 nitrogen and oxygen atoms in total. The second-order valence-corrected chi connectivity index (χ2v) is 7.79. The average molecular weight is 436 g/mol. The third-order valence-corrected chi connectivity index (χ3v) is 4.07. The summed E-state index contributed by atoms with van der Waals surface area (Å²) in [5.41, 5.74) is 9.94. The molecule has 8 heteroatoms. The number of hydrogen-bond acceptors (Lipinski definition) is 5. The van der Waals surface area contributed by atoms with Gasteiger partial charge in [-0.1, -0.05) is 24.3 Å². The van der Waals surface area contributed by atoms with Crippen LogP contribution >= 0.6 is 0 Å². The summed E-state index contributed by atoms with van der Waals surface area (Å²) in [7, 11) is 1.61. The van der Waals surface area contributed by atoms with Gasteiger partial charge in [0.05, 0.1) is 12.8 Å². The Bertz CT molecular complexity index is 1040. The molecule has 0 aliphatic carbocycles. The molecule has 0 atom stereocenters. The first-order valence-electron chi connectivity index (χ1n) is 9.92. The maximum Gasteiger partial charge on any atom is 0.290 e. The maximum absolute atomic E-state index is 8.36. The molecule has 32 heavy (non-hydrogen) atoms. The number of benzene rings is 2. The molecule has 3 aromatic rings. The molecule has 5 N–H and O–H groups in total. The van der Waals surface area contributed by atoms with E-state index in [0.29, 0.717) is 11.6 Å². The van der Waals surface area contributed by atoms with Crippen LogP contribution in [0.5, 0.6) is 5.75 Å². The Labute approximate surface area is 188 Å². The van der Waals surface area contributed by atoms with Crippen molar-refractivity contribution in [1.82, 2.24) is 4.98 Å². The molecule has 0 amide bonds. The lowest BCUT2D eigenvalue weighted by Gasteiger charge is -2.22. The van der Waals surface area contributed by atoms with Crippen LogP contribution in [0, 0.1) is 0 Å². The lowest BCUT2D eigenvalue weighted by Crippen LogP contribution is -2.25. The van der Waals surface area contributed by atoms with Crippen molar-refractivity contribution in [3.63, 3.8) is 0 Å². The largest absolute Gasteiger partial charge is 0.495 e. The molecule has 0 unspecified atom stereocenters. The van der Waals surface area contributed by atoms with Crippen molar-refractivity contribution in [2.45, 2.75) is 26.3 Å². The van der Waals surface area contributed by atoms with E-state index in [2.05, 4.69) is 59.6 Å². The molecule has 168 valence electrons. The summed E-state index contributed by atoms with van der Waals surface area (Å²) in [6.45, 7) is 6.16. The minimum atomic E-state index is -0.250. The Morgan fingerprint density at radius 1 is 1.09 bits per heavy atom. The van der Waals surface area contributed by atoms with Crippen molar-refractivity contribution in [2.24, 2.45) is 10.7 Å². The first kappa shape index (κ1) is 24.2. The number of carbonyl (C=O) groups is 1. The van der Waals surface area contributed by atoms with Gasteiger partial charge in [-0.25, -0.2) is 4.98 Å². The van der Waals surface area contributed by atoms with E-state index >= 15 is 0 Å². The lowest BCUT2D eigenvalue weighted by atomic mass is 10.0. The summed E-state index contributed by atoms with van der Waals surface area (Å²) in [5.74, 6) is 1.46. The predicted molar refractivity (Wildman–Crippen MR) is 130 cm³/mol. The van der Waals surface area contributed by atoms with E-state index in [-0.39, 0.29) is 18.0 Å². The van der Waals surface area contributed by atoms with Crippen molar-refractivity contribution in [2.75, 3.05) is 17.7 Å². The van der Waals surface area contributed by atoms with Crippen molar-refractivity contribution >= 4 is 29.6 Å². The maximum atomic E-state index is 8.36. The van der Waals surface area contributed by atoms with Crippen molar-refractivity contribution in [1.29, 1.82) is 0 Å². The predicted octanol–water partition coefficient (Wildman–Crippen LogP) is 4.73. The number of para-hydroxylation sites is 2. The van der Waals surface area contributed by atoms with Crippen LogP contribution in [0.4, 0.5) is 17.2 Å². The molecule has 0 aliphatic heterocycles. The van der Waals surface area contributed by atoms with Gasteiger partial charge in [0.2, 0.25) is 0 Å². The van der Waals surface area contributed by atoms with Gasteiger partial charge in [-0.2, -0.15) is 4.99 Å². The third-order valence-electron chi connectivity index (χ3n) is 4.07. The van der Waals surface area contributed by atoms with Crippen LogP contribution in [0.25, 0.3) is 11.1 Å². The Kier molecular flexibility index (Phi) is 8.59. The number of aliphatic imine (C=N–C) groups is 1. The smallest absolute Gasteiger partial charge is 0.290 e. The quantitative estimate of drug-likeness (QED) is 0.260. The summed E-state index contributed by atoms with van der Waals surface area (Å²) < 4.78 is 5.31. The molecule has 0 aliphatic rings. The highest BCUT2D eigenvalue weighted by Crippen LogP contribution is 2.26. The van der Waals surface area contributed by atoms with Gasteiger partial charge >= 0.3 is 0 Å². The number of ether oxygens (including phenoxy) is 1. The summed E-state index contributed by atoms with van der Waals surface area (Å²) in [6, 6.07) is 19.6. The monoisotopic (exact) mass is 435 g/mol. The number of rotatable bonds is 5. The number of aromatic nitrogens is 1. The summed E-state index contributed by atoms with van der Waals surface area (Å²) in [4.78, 5) is 17.1. The van der Waals surface area contributed by atoms with Gasteiger partial charge in [-0.3, -0.25) is 4.79 Å². The fourth-order valence-electron chi connectivity index (χ4n) is 2.87. The molecule has 0 saturated carbocycles. The molecule has 0 saturated heterocycles. The van der Waals surface area contributed by atoms with Crippen LogP contribution in [0.1, 0.15) is 20.8 Å². The van der Waals surface area contributed by atoms with Gasteiger partial charge in [0, 0.05) is 23.0 Å². The number of nitrogens with two attached hydrogens (primary N) is 1. The van der Waals surface area contributed by atoms with Crippen LogP contribution in [-0.2, 0) is 4.79 Å².